The summed E-state index contributed by atoms with van der Waals surface area (Å²) in [6, 6.07) is 9.36. The van der Waals surface area contributed by atoms with Crippen LogP contribution in [0, 0.1) is 0 Å². The van der Waals surface area contributed by atoms with Crippen LogP contribution in [0.25, 0.3) is 0 Å². The maximum absolute atomic E-state index is 12.0. The van der Waals surface area contributed by atoms with E-state index in [0.717, 1.165) is 12.0 Å². The summed E-state index contributed by atoms with van der Waals surface area (Å²) in [7, 11) is 1.64. The molecule has 0 aliphatic rings. The van der Waals surface area contributed by atoms with Gasteiger partial charge in [0.1, 0.15) is 5.54 Å². The number of hydrogen-bond acceptors (Lipinski definition) is 3. The standard InChI is InChI=1S/C13H20N2O2/c1-13(14,11-7-4-3-5-8-11)12(16)15-9-6-10-17-2/h3-5,7-8H,6,9-10,14H2,1-2H3,(H,15,16). The van der Waals surface area contributed by atoms with Crippen molar-refractivity contribution in [3.63, 3.8) is 0 Å². The number of methoxy groups -OCH3 is 1. The van der Waals surface area contributed by atoms with Gasteiger partial charge in [-0.1, -0.05) is 30.3 Å². The molecule has 0 bridgehead atoms. The molecule has 0 aliphatic carbocycles. The number of nitrogens with two attached hydrogens (primary N) is 1. The molecule has 4 heteroatoms. The molecule has 1 aromatic rings. The van der Waals surface area contributed by atoms with Crippen LogP contribution in [0.5, 0.6) is 0 Å². The van der Waals surface area contributed by atoms with Gasteiger partial charge < -0.3 is 15.8 Å². The molecule has 0 fully saturated rings. The molecule has 1 unspecified atom stereocenters. The third-order valence-electron chi connectivity index (χ3n) is 2.66. The lowest BCUT2D eigenvalue weighted by molar-refractivity contribution is -0.126. The molecular weight excluding hydrogens is 216 g/mol. The van der Waals surface area contributed by atoms with E-state index in [2.05, 4.69) is 5.32 Å². The van der Waals surface area contributed by atoms with Gasteiger partial charge in [-0.25, -0.2) is 0 Å². The van der Waals surface area contributed by atoms with Gasteiger partial charge in [0.15, 0.2) is 0 Å². The summed E-state index contributed by atoms with van der Waals surface area (Å²) in [5.74, 6) is -0.167. The molecule has 4 nitrogen and oxygen atoms in total. The van der Waals surface area contributed by atoms with Crippen molar-refractivity contribution in [2.75, 3.05) is 20.3 Å². The Morgan fingerprint density at radius 1 is 1.41 bits per heavy atom. The second-order valence-corrected chi connectivity index (χ2v) is 4.17. The number of benzene rings is 1. The molecule has 3 N–H and O–H groups in total. The number of amides is 1. The summed E-state index contributed by atoms with van der Waals surface area (Å²) >= 11 is 0. The van der Waals surface area contributed by atoms with Crippen LogP contribution in [0.3, 0.4) is 0 Å². The fraction of sp³-hybridized carbons (Fsp3) is 0.462. The zero-order valence-electron chi connectivity index (χ0n) is 10.4. The van der Waals surface area contributed by atoms with Gasteiger partial charge in [-0.2, -0.15) is 0 Å². The SMILES string of the molecule is COCCCNC(=O)C(C)(N)c1ccccc1. The highest BCUT2D eigenvalue weighted by molar-refractivity contribution is 5.86. The minimum Gasteiger partial charge on any atom is -0.385 e. The maximum atomic E-state index is 12.0. The van der Waals surface area contributed by atoms with Crippen molar-refractivity contribution in [3.05, 3.63) is 35.9 Å². The molecule has 1 aromatic carbocycles. The van der Waals surface area contributed by atoms with Gasteiger partial charge in [-0.05, 0) is 18.9 Å². The minimum absolute atomic E-state index is 0.167. The molecule has 1 amide bonds. The van der Waals surface area contributed by atoms with Crippen molar-refractivity contribution in [3.8, 4) is 0 Å². The second kappa shape index (κ2) is 6.37. The Kier molecular flexibility index (Phi) is 5.12. The predicted molar refractivity (Wildman–Crippen MR) is 67.5 cm³/mol. The Labute approximate surface area is 102 Å². The van der Waals surface area contributed by atoms with Crippen molar-refractivity contribution in [2.45, 2.75) is 18.9 Å². The van der Waals surface area contributed by atoms with Crippen LogP contribution in [0.2, 0.25) is 0 Å². The fourth-order valence-corrected chi connectivity index (χ4v) is 1.52. The van der Waals surface area contributed by atoms with Gasteiger partial charge in [0.2, 0.25) is 5.91 Å². The highest BCUT2D eigenvalue weighted by Crippen LogP contribution is 2.17. The summed E-state index contributed by atoms with van der Waals surface area (Å²) in [5.41, 5.74) is 5.87. The lowest BCUT2D eigenvalue weighted by Gasteiger charge is -2.24. The summed E-state index contributed by atoms with van der Waals surface area (Å²) in [6.45, 7) is 2.92. The van der Waals surface area contributed by atoms with Crippen LogP contribution in [-0.4, -0.2) is 26.2 Å². The molecule has 17 heavy (non-hydrogen) atoms. The third kappa shape index (κ3) is 3.84. The molecule has 0 aliphatic heterocycles. The second-order valence-electron chi connectivity index (χ2n) is 4.17. The first-order chi connectivity index (χ1) is 8.09. The molecule has 0 aromatic heterocycles. The van der Waals surface area contributed by atoms with Crippen molar-refractivity contribution < 1.29 is 9.53 Å². The van der Waals surface area contributed by atoms with Crippen molar-refractivity contribution >= 4 is 5.91 Å². The Balaban J connectivity index is 2.55. The monoisotopic (exact) mass is 236 g/mol. The van der Waals surface area contributed by atoms with E-state index in [4.69, 9.17) is 10.5 Å². The number of nitrogens with one attached hydrogen (secondary N) is 1. The molecule has 0 radical (unpaired) electrons. The first kappa shape index (κ1) is 13.7. The predicted octanol–water partition coefficient (Wildman–Crippen LogP) is 1.01. The van der Waals surface area contributed by atoms with Crippen molar-refractivity contribution in [2.24, 2.45) is 5.73 Å². The van der Waals surface area contributed by atoms with Crippen LogP contribution < -0.4 is 11.1 Å². The first-order valence-electron chi connectivity index (χ1n) is 5.70. The third-order valence-corrected chi connectivity index (χ3v) is 2.66. The quantitative estimate of drug-likeness (QED) is 0.725. The maximum Gasteiger partial charge on any atom is 0.244 e. The molecular formula is C13H20N2O2. The average molecular weight is 236 g/mol. The summed E-state index contributed by atoms with van der Waals surface area (Å²) in [5, 5.41) is 2.81. The van der Waals surface area contributed by atoms with E-state index in [-0.39, 0.29) is 5.91 Å². The van der Waals surface area contributed by atoms with E-state index in [1.54, 1.807) is 14.0 Å². The van der Waals surface area contributed by atoms with Gasteiger partial charge >= 0.3 is 0 Å². The zero-order valence-corrected chi connectivity index (χ0v) is 10.4. The average Bonchev–Trinajstić information content (AvgIpc) is 2.35. The highest BCUT2D eigenvalue weighted by atomic mass is 16.5. The molecule has 0 spiro atoms. The van der Waals surface area contributed by atoms with Gasteiger partial charge in [-0.3, -0.25) is 4.79 Å². The largest absolute Gasteiger partial charge is 0.385 e. The van der Waals surface area contributed by atoms with E-state index in [1.165, 1.54) is 0 Å². The molecule has 94 valence electrons. The van der Waals surface area contributed by atoms with Crippen molar-refractivity contribution in [1.29, 1.82) is 0 Å². The van der Waals surface area contributed by atoms with Gasteiger partial charge in [0, 0.05) is 20.3 Å². The highest BCUT2D eigenvalue weighted by Gasteiger charge is 2.29. The Morgan fingerprint density at radius 3 is 2.65 bits per heavy atom. The van der Waals surface area contributed by atoms with E-state index in [9.17, 15) is 4.79 Å². The number of ether oxygens (including phenoxy) is 1. The normalized spacial score (nSPS) is 14.1. The van der Waals surface area contributed by atoms with E-state index < -0.39 is 5.54 Å². The van der Waals surface area contributed by atoms with E-state index >= 15 is 0 Å². The van der Waals surface area contributed by atoms with Crippen LogP contribution in [0.15, 0.2) is 30.3 Å². The van der Waals surface area contributed by atoms with Gasteiger partial charge in [-0.15, -0.1) is 0 Å². The van der Waals surface area contributed by atoms with Crippen LogP contribution in [0.4, 0.5) is 0 Å². The number of carbonyl (C=O) groups excluding carboxylic acids is 1. The smallest absolute Gasteiger partial charge is 0.244 e. The minimum atomic E-state index is -0.992. The number of rotatable bonds is 6. The fourth-order valence-electron chi connectivity index (χ4n) is 1.52. The van der Waals surface area contributed by atoms with Crippen LogP contribution >= 0.6 is 0 Å². The Hall–Kier alpha value is -1.39. The Bertz CT molecular complexity index is 350. The Morgan fingerprint density at radius 2 is 2.06 bits per heavy atom. The van der Waals surface area contributed by atoms with Crippen molar-refractivity contribution in [1.82, 2.24) is 5.32 Å². The summed E-state index contributed by atoms with van der Waals surface area (Å²) in [4.78, 5) is 12.0. The molecule has 1 rings (SSSR count). The lowest BCUT2D eigenvalue weighted by atomic mass is 9.92. The molecule has 0 saturated carbocycles. The number of hydrogen-bond donors (Lipinski definition) is 2. The topological polar surface area (TPSA) is 64.3 Å². The first-order valence-corrected chi connectivity index (χ1v) is 5.70. The molecule has 0 heterocycles. The molecule has 0 saturated heterocycles. The van der Waals surface area contributed by atoms with Crippen LogP contribution in [-0.2, 0) is 15.1 Å². The van der Waals surface area contributed by atoms with Gasteiger partial charge in [0.05, 0.1) is 0 Å². The number of carbonyl (C=O) groups is 1. The lowest BCUT2D eigenvalue weighted by Crippen LogP contribution is -2.49. The summed E-state index contributed by atoms with van der Waals surface area (Å²) in [6.07, 6.45) is 0.785. The van der Waals surface area contributed by atoms with Gasteiger partial charge in [0.25, 0.3) is 0 Å². The zero-order chi connectivity index (χ0) is 12.7. The van der Waals surface area contributed by atoms with E-state index in [1.807, 2.05) is 30.3 Å². The van der Waals surface area contributed by atoms with E-state index in [0.29, 0.717) is 13.2 Å². The van der Waals surface area contributed by atoms with Crippen LogP contribution in [0.1, 0.15) is 18.9 Å². The summed E-state index contributed by atoms with van der Waals surface area (Å²) < 4.78 is 4.91. The molecule has 1 atom stereocenters.